The number of rotatable bonds is 4. The third-order valence-electron chi connectivity index (χ3n) is 5.49. The highest BCUT2D eigenvalue weighted by atomic mass is 19.3. The second-order valence-corrected chi connectivity index (χ2v) is 7.61. The molecule has 0 amide bonds. The number of nitrogens with two attached hydrogens (primary N) is 1. The molecule has 2 atom stereocenters. The number of hydrogen-bond donors (Lipinski definition) is 1. The Balaban J connectivity index is 1.86. The van der Waals surface area contributed by atoms with Gasteiger partial charge in [0, 0.05) is 30.9 Å². The fourth-order valence-electron chi connectivity index (χ4n) is 3.87. The van der Waals surface area contributed by atoms with Crippen LogP contribution in [0.5, 0.6) is 0 Å². The highest BCUT2D eigenvalue weighted by Crippen LogP contribution is 2.36. The molecule has 0 aliphatic carbocycles. The maximum atomic E-state index is 13.7. The van der Waals surface area contributed by atoms with Gasteiger partial charge in [0.05, 0.1) is 49.8 Å². The lowest BCUT2D eigenvalue weighted by Crippen LogP contribution is -2.46. The Morgan fingerprint density at radius 3 is 2.37 bits per heavy atom. The van der Waals surface area contributed by atoms with E-state index in [-0.39, 0.29) is 29.0 Å². The zero-order valence-electron chi connectivity index (χ0n) is 17.1. The molecular weight excluding hydrogens is 394 g/mol. The SMILES string of the molecule is C[C@H]1COCCN1c1cc(-c2c(C(F)F)ccnc2N)nc(N2CCOC[C@@H]2C)n1. The first-order chi connectivity index (χ1) is 14.5. The lowest BCUT2D eigenvalue weighted by Gasteiger charge is -2.37. The van der Waals surface area contributed by atoms with Crippen molar-refractivity contribution in [3.8, 4) is 11.3 Å². The van der Waals surface area contributed by atoms with Gasteiger partial charge in [0.1, 0.15) is 11.6 Å². The summed E-state index contributed by atoms with van der Waals surface area (Å²) in [5.74, 6) is 1.15. The van der Waals surface area contributed by atoms with E-state index in [1.807, 2.05) is 18.7 Å². The van der Waals surface area contributed by atoms with Gasteiger partial charge in [-0.2, -0.15) is 4.98 Å². The molecule has 0 spiro atoms. The van der Waals surface area contributed by atoms with Crippen LogP contribution in [-0.2, 0) is 9.47 Å². The van der Waals surface area contributed by atoms with Gasteiger partial charge >= 0.3 is 0 Å². The quantitative estimate of drug-likeness (QED) is 0.807. The van der Waals surface area contributed by atoms with Crippen molar-refractivity contribution in [1.29, 1.82) is 0 Å². The van der Waals surface area contributed by atoms with E-state index in [1.54, 1.807) is 6.07 Å². The van der Waals surface area contributed by atoms with Gasteiger partial charge in [-0.15, -0.1) is 0 Å². The number of hydrogen-bond acceptors (Lipinski definition) is 8. The molecule has 10 heteroatoms. The van der Waals surface area contributed by atoms with Gasteiger partial charge < -0.3 is 25.0 Å². The van der Waals surface area contributed by atoms with E-state index < -0.39 is 6.43 Å². The van der Waals surface area contributed by atoms with Gasteiger partial charge in [-0.05, 0) is 19.9 Å². The van der Waals surface area contributed by atoms with Crippen LogP contribution in [0.2, 0.25) is 0 Å². The van der Waals surface area contributed by atoms with Crippen molar-refractivity contribution in [2.24, 2.45) is 0 Å². The van der Waals surface area contributed by atoms with Crippen LogP contribution < -0.4 is 15.5 Å². The molecule has 0 aromatic carbocycles. The van der Waals surface area contributed by atoms with E-state index in [0.29, 0.717) is 57.0 Å². The summed E-state index contributed by atoms with van der Waals surface area (Å²) in [6, 6.07) is 3.16. The topological polar surface area (TPSA) is 89.6 Å². The van der Waals surface area contributed by atoms with Crippen LogP contribution in [-0.4, -0.2) is 66.6 Å². The zero-order valence-corrected chi connectivity index (χ0v) is 17.1. The Kier molecular flexibility index (Phi) is 5.96. The van der Waals surface area contributed by atoms with Crippen molar-refractivity contribution in [3.05, 3.63) is 23.9 Å². The molecule has 2 N–H and O–H groups in total. The van der Waals surface area contributed by atoms with E-state index in [1.165, 1.54) is 12.3 Å². The van der Waals surface area contributed by atoms with Crippen molar-refractivity contribution < 1.29 is 18.3 Å². The first-order valence-electron chi connectivity index (χ1n) is 10.1. The normalized spacial score (nSPS) is 22.6. The van der Waals surface area contributed by atoms with Gasteiger partial charge in [0.15, 0.2) is 0 Å². The molecule has 2 saturated heterocycles. The van der Waals surface area contributed by atoms with Crippen molar-refractivity contribution in [2.75, 3.05) is 55.1 Å². The second kappa shape index (κ2) is 8.65. The second-order valence-electron chi connectivity index (χ2n) is 7.61. The van der Waals surface area contributed by atoms with Crippen LogP contribution >= 0.6 is 0 Å². The molecule has 2 aromatic rings. The summed E-state index contributed by atoms with van der Waals surface area (Å²) in [6.45, 7) is 7.58. The standard InChI is InChI=1S/C20H26F2N6O2/c1-12-10-29-7-5-27(12)16-9-15(17-14(18(21)22)3-4-24-19(17)23)25-20(26-16)28-6-8-30-11-13(28)2/h3-4,9,12-13,18H,5-8,10-11H2,1-2H3,(H2,23,24)/t12-,13-/m0/s1. The van der Waals surface area contributed by atoms with Crippen LogP contribution in [0.1, 0.15) is 25.8 Å². The summed E-state index contributed by atoms with van der Waals surface area (Å²) in [5, 5.41) is 0. The Morgan fingerprint density at radius 1 is 1.07 bits per heavy atom. The number of halogens is 2. The van der Waals surface area contributed by atoms with E-state index >= 15 is 0 Å². The zero-order chi connectivity index (χ0) is 21.3. The molecule has 2 aliphatic rings. The van der Waals surface area contributed by atoms with Gasteiger partial charge in [-0.1, -0.05) is 0 Å². The van der Waals surface area contributed by atoms with Crippen molar-refractivity contribution >= 4 is 17.6 Å². The minimum Gasteiger partial charge on any atom is -0.383 e. The van der Waals surface area contributed by atoms with Crippen LogP contribution in [0.3, 0.4) is 0 Å². The number of nitrogen functional groups attached to an aromatic ring is 1. The highest BCUT2D eigenvalue weighted by Gasteiger charge is 2.28. The van der Waals surface area contributed by atoms with Crippen LogP contribution in [0.4, 0.5) is 26.4 Å². The summed E-state index contributed by atoms with van der Waals surface area (Å²) in [4.78, 5) is 17.6. The minimum atomic E-state index is -2.70. The molecule has 2 fully saturated rings. The van der Waals surface area contributed by atoms with E-state index in [9.17, 15) is 8.78 Å². The number of ether oxygens (including phenoxy) is 2. The van der Waals surface area contributed by atoms with Gasteiger partial charge in [0.2, 0.25) is 5.95 Å². The molecule has 0 saturated carbocycles. The number of alkyl halides is 2. The van der Waals surface area contributed by atoms with Gasteiger partial charge in [0.25, 0.3) is 6.43 Å². The number of morpholine rings is 2. The monoisotopic (exact) mass is 420 g/mol. The van der Waals surface area contributed by atoms with Crippen molar-refractivity contribution in [1.82, 2.24) is 15.0 Å². The Hall–Kier alpha value is -2.59. The molecule has 2 aromatic heterocycles. The molecule has 8 nitrogen and oxygen atoms in total. The fourth-order valence-corrected chi connectivity index (χ4v) is 3.87. The molecule has 0 radical (unpaired) electrons. The number of anilines is 3. The van der Waals surface area contributed by atoms with Gasteiger partial charge in [-0.25, -0.2) is 18.7 Å². The smallest absolute Gasteiger partial charge is 0.264 e. The number of aromatic nitrogens is 3. The van der Waals surface area contributed by atoms with Crippen molar-refractivity contribution in [2.45, 2.75) is 32.4 Å². The summed E-state index contributed by atoms with van der Waals surface area (Å²) >= 11 is 0. The predicted molar refractivity (Wildman–Crippen MR) is 110 cm³/mol. The Morgan fingerprint density at radius 2 is 1.73 bits per heavy atom. The summed E-state index contributed by atoms with van der Waals surface area (Å²) in [6.07, 6.45) is -1.41. The Bertz CT molecular complexity index is 859. The average molecular weight is 420 g/mol. The molecule has 4 heterocycles. The van der Waals surface area contributed by atoms with E-state index in [4.69, 9.17) is 20.2 Å². The van der Waals surface area contributed by atoms with E-state index in [0.717, 1.165) is 0 Å². The minimum absolute atomic E-state index is 0.0217. The highest BCUT2D eigenvalue weighted by molar-refractivity contribution is 5.77. The lowest BCUT2D eigenvalue weighted by molar-refractivity contribution is 0.0972. The van der Waals surface area contributed by atoms with Crippen LogP contribution in [0.25, 0.3) is 11.3 Å². The Labute approximate surface area is 174 Å². The summed E-state index contributed by atoms with van der Waals surface area (Å²) in [5.41, 5.74) is 6.33. The maximum absolute atomic E-state index is 13.7. The largest absolute Gasteiger partial charge is 0.383 e. The molecule has 0 unspecified atom stereocenters. The van der Waals surface area contributed by atoms with Crippen LogP contribution in [0.15, 0.2) is 18.3 Å². The molecule has 4 rings (SSSR count). The third kappa shape index (κ3) is 4.01. The molecule has 0 bridgehead atoms. The van der Waals surface area contributed by atoms with E-state index in [2.05, 4.69) is 14.9 Å². The maximum Gasteiger partial charge on any atom is 0.264 e. The average Bonchev–Trinajstić information content (AvgIpc) is 2.74. The number of nitrogens with zero attached hydrogens (tertiary/aromatic N) is 5. The fraction of sp³-hybridized carbons (Fsp3) is 0.550. The third-order valence-corrected chi connectivity index (χ3v) is 5.49. The first kappa shape index (κ1) is 20.7. The predicted octanol–water partition coefficient (Wildman–Crippen LogP) is 2.51. The molecule has 162 valence electrons. The molecular formula is C20H26F2N6O2. The molecule has 30 heavy (non-hydrogen) atoms. The van der Waals surface area contributed by atoms with Gasteiger partial charge in [-0.3, -0.25) is 0 Å². The lowest BCUT2D eigenvalue weighted by atomic mass is 10.1. The summed E-state index contributed by atoms with van der Waals surface area (Å²) in [7, 11) is 0. The van der Waals surface area contributed by atoms with Crippen molar-refractivity contribution in [3.63, 3.8) is 0 Å². The van der Waals surface area contributed by atoms with Crippen LogP contribution in [0, 0.1) is 0 Å². The first-order valence-corrected chi connectivity index (χ1v) is 10.1. The molecule has 2 aliphatic heterocycles. The number of pyridine rings is 1. The summed E-state index contributed by atoms with van der Waals surface area (Å²) < 4.78 is 38.6.